The maximum Gasteiger partial charge on any atom is 0.112 e. The molecule has 2 aromatic heterocycles. The van der Waals surface area contributed by atoms with Crippen molar-refractivity contribution in [1.82, 2.24) is 19.9 Å². The Balaban J connectivity index is 2.21. The lowest BCUT2D eigenvalue weighted by Gasteiger charge is -2.10. The molecular formula is C14H20N4. The Morgan fingerprint density at radius 1 is 1.28 bits per heavy atom. The number of nitrogens with one attached hydrogen (secondary N) is 1. The molecule has 1 N–H and O–H groups in total. The van der Waals surface area contributed by atoms with Gasteiger partial charge in [-0.15, -0.1) is 0 Å². The number of imidazole rings is 1. The highest BCUT2D eigenvalue weighted by Gasteiger charge is 2.04. The SMILES string of the molecule is CCc1nccn1-c1ccnc(CNC(C)C)c1. The molecule has 2 heterocycles. The quantitative estimate of drug-likeness (QED) is 0.877. The van der Waals surface area contributed by atoms with Gasteiger partial charge in [-0.05, 0) is 12.1 Å². The van der Waals surface area contributed by atoms with Gasteiger partial charge < -0.3 is 9.88 Å². The van der Waals surface area contributed by atoms with Gasteiger partial charge in [0.05, 0.1) is 11.4 Å². The van der Waals surface area contributed by atoms with E-state index < -0.39 is 0 Å². The summed E-state index contributed by atoms with van der Waals surface area (Å²) >= 11 is 0. The summed E-state index contributed by atoms with van der Waals surface area (Å²) in [5.41, 5.74) is 2.18. The molecule has 0 amide bonds. The molecule has 2 rings (SSSR count). The zero-order valence-electron chi connectivity index (χ0n) is 11.2. The van der Waals surface area contributed by atoms with Crippen molar-refractivity contribution in [2.75, 3.05) is 0 Å². The molecule has 0 spiro atoms. The molecule has 4 heteroatoms. The van der Waals surface area contributed by atoms with E-state index in [1.165, 1.54) is 0 Å². The van der Waals surface area contributed by atoms with Crippen molar-refractivity contribution >= 4 is 0 Å². The fourth-order valence-electron chi connectivity index (χ4n) is 1.85. The van der Waals surface area contributed by atoms with E-state index >= 15 is 0 Å². The molecule has 0 aliphatic heterocycles. The van der Waals surface area contributed by atoms with E-state index in [1.807, 2.05) is 24.7 Å². The predicted molar refractivity (Wildman–Crippen MR) is 72.7 cm³/mol. The van der Waals surface area contributed by atoms with Crippen LogP contribution in [0.2, 0.25) is 0 Å². The minimum Gasteiger partial charge on any atom is -0.309 e. The van der Waals surface area contributed by atoms with Crippen LogP contribution < -0.4 is 5.32 Å². The van der Waals surface area contributed by atoms with Crippen molar-refractivity contribution in [3.63, 3.8) is 0 Å². The van der Waals surface area contributed by atoms with Gasteiger partial charge in [0.2, 0.25) is 0 Å². The second kappa shape index (κ2) is 5.78. The fourth-order valence-corrected chi connectivity index (χ4v) is 1.85. The minimum atomic E-state index is 0.468. The highest BCUT2D eigenvalue weighted by molar-refractivity contribution is 5.33. The van der Waals surface area contributed by atoms with Crippen LogP contribution in [-0.4, -0.2) is 20.6 Å². The van der Waals surface area contributed by atoms with Crippen molar-refractivity contribution in [2.24, 2.45) is 0 Å². The largest absolute Gasteiger partial charge is 0.309 e. The van der Waals surface area contributed by atoms with Crippen LogP contribution in [0.15, 0.2) is 30.7 Å². The molecule has 96 valence electrons. The molecule has 0 aliphatic carbocycles. The number of pyridine rings is 1. The molecule has 0 unspecified atom stereocenters. The third kappa shape index (κ3) is 2.96. The molecule has 2 aromatic rings. The molecule has 0 saturated heterocycles. The Hall–Kier alpha value is -1.68. The van der Waals surface area contributed by atoms with Crippen molar-refractivity contribution in [2.45, 2.75) is 39.8 Å². The average Bonchev–Trinajstić information content (AvgIpc) is 2.85. The minimum absolute atomic E-state index is 0.468. The summed E-state index contributed by atoms with van der Waals surface area (Å²) in [5.74, 6) is 1.07. The van der Waals surface area contributed by atoms with Crippen LogP contribution in [0.5, 0.6) is 0 Å². The van der Waals surface area contributed by atoms with Crippen molar-refractivity contribution in [3.8, 4) is 5.69 Å². The number of aromatic nitrogens is 3. The lowest BCUT2D eigenvalue weighted by atomic mass is 10.3. The summed E-state index contributed by atoms with van der Waals surface area (Å²) in [6, 6.07) is 4.59. The topological polar surface area (TPSA) is 42.7 Å². The molecule has 0 atom stereocenters. The zero-order valence-corrected chi connectivity index (χ0v) is 11.2. The lowest BCUT2D eigenvalue weighted by molar-refractivity contribution is 0.581. The molecular weight excluding hydrogens is 224 g/mol. The highest BCUT2D eigenvalue weighted by atomic mass is 15.1. The Morgan fingerprint density at radius 2 is 2.11 bits per heavy atom. The Labute approximate surface area is 108 Å². The first-order chi connectivity index (χ1) is 8.70. The normalized spacial score (nSPS) is 11.1. The van der Waals surface area contributed by atoms with E-state index in [0.717, 1.165) is 30.2 Å². The fraction of sp³-hybridized carbons (Fsp3) is 0.429. The van der Waals surface area contributed by atoms with E-state index in [0.29, 0.717) is 6.04 Å². The number of hydrogen-bond donors (Lipinski definition) is 1. The van der Waals surface area contributed by atoms with E-state index in [-0.39, 0.29) is 0 Å². The first-order valence-electron chi connectivity index (χ1n) is 6.41. The van der Waals surface area contributed by atoms with E-state index in [1.54, 1.807) is 0 Å². The summed E-state index contributed by atoms with van der Waals surface area (Å²) in [6.45, 7) is 7.17. The van der Waals surface area contributed by atoms with Crippen LogP contribution in [-0.2, 0) is 13.0 Å². The van der Waals surface area contributed by atoms with Crippen LogP contribution in [0.3, 0.4) is 0 Å². The number of aryl methyl sites for hydroxylation is 1. The molecule has 18 heavy (non-hydrogen) atoms. The van der Waals surface area contributed by atoms with Gasteiger partial charge in [0.1, 0.15) is 5.82 Å². The smallest absolute Gasteiger partial charge is 0.112 e. The molecule has 0 radical (unpaired) electrons. The molecule has 0 fully saturated rings. The Kier molecular flexibility index (Phi) is 4.10. The maximum absolute atomic E-state index is 4.38. The van der Waals surface area contributed by atoms with Crippen molar-refractivity contribution in [1.29, 1.82) is 0 Å². The van der Waals surface area contributed by atoms with Gasteiger partial charge in [-0.1, -0.05) is 20.8 Å². The van der Waals surface area contributed by atoms with E-state index in [9.17, 15) is 0 Å². The molecule has 0 aliphatic rings. The molecule has 0 aromatic carbocycles. The summed E-state index contributed by atoms with van der Waals surface area (Å²) in [6.07, 6.45) is 6.61. The first-order valence-corrected chi connectivity index (χ1v) is 6.41. The van der Waals surface area contributed by atoms with Crippen LogP contribution in [0.4, 0.5) is 0 Å². The average molecular weight is 244 g/mol. The lowest BCUT2D eigenvalue weighted by Crippen LogP contribution is -2.22. The van der Waals surface area contributed by atoms with E-state index in [4.69, 9.17) is 0 Å². The van der Waals surface area contributed by atoms with Gasteiger partial charge in [-0.3, -0.25) is 4.98 Å². The monoisotopic (exact) mass is 244 g/mol. The second-order valence-electron chi connectivity index (χ2n) is 4.61. The third-order valence-electron chi connectivity index (χ3n) is 2.80. The second-order valence-corrected chi connectivity index (χ2v) is 4.61. The summed E-state index contributed by atoms with van der Waals surface area (Å²) in [5, 5.41) is 3.38. The van der Waals surface area contributed by atoms with Crippen LogP contribution in [0.1, 0.15) is 32.3 Å². The predicted octanol–water partition coefficient (Wildman–Crippen LogP) is 2.33. The van der Waals surface area contributed by atoms with Crippen molar-refractivity contribution < 1.29 is 0 Å². The summed E-state index contributed by atoms with van der Waals surface area (Å²) in [7, 11) is 0. The third-order valence-corrected chi connectivity index (χ3v) is 2.80. The first kappa shape index (κ1) is 12.8. The summed E-state index contributed by atoms with van der Waals surface area (Å²) in [4.78, 5) is 8.72. The van der Waals surface area contributed by atoms with Crippen LogP contribution in [0, 0.1) is 0 Å². The molecule has 4 nitrogen and oxygen atoms in total. The number of rotatable bonds is 5. The number of nitrogens with zero attached hydrogens (tertiary/aromatic N) is 3. The van der Waals surface area contributed by atoms with E-state index in [2.05, 4.69) is 46.7 Å². The number of hydrogen-bond acceptors (Lipinski definition) is 3. The Bertz CT molecular complexity index is 502. The maximum atomic E-state index is 4.38. The highest BCUT2D eigenvalue weighted by Crippen LogP contribution is 2.11. The van der Waals surface area contributed by atoms with Gasteiger partial charge in [0.15, 0.2) is 0 Å². The molecule has 0 bridgehead atoms. The van der Waals surface area contributed by atoms with Crippen LogP contribution in [0.25, 0.3) is 5.69 Å². The van der Waals surface area contributed by atoms with Gasteiger partial charge in [-0.2, -0.15) is 0 Å². The van der Waals surface area contributed by atoms with Gasteiger partial charge in [0.25, 0.3) is 0 Å². The van der Waals surface area contributed by atoms with Gasteiger partial charge in [0, 0.05) is 37.6 Å². The Morgan fingerprint density at radius 3 is 2.83 bits per heavy atom. The standard InChI is InChI=1S/C14H20N4/c1-4-14-16-7-8-18(14)13-5-6-15-12(9-13)10-17-11(2)3/h5-9,11,17H,4,10H2,1-3H3. The molecule has 0 saturated carbocycles. The zero-order chi connectivity index (χ0) is 13.0. The van der Waals surface area contributed by atoms with Crippen LogP contribution >= 0.6 is 0 Å². The summed E-state index contributed by atoms with van der Waals surface area (Å²) < 4.78 is 2.11. The van der Waals surface area contributed by atoms with Crippen molar-refractivity contribution in [3.05, 3.63) is 42.2 Å². The van der Waals surface area contributed by atoms with Gasteiger partial charge >= 0.3 is 0 Å². The van der Waals surface area contributed by atoms with Gasteiger partial charge in [-0.25, -0.2) is 4.98 Å².